The van der Waals surface area contributed by atoms with Crippen molar-refractivity contribution in [2.45, 2.75) is 31.6 Å². The molecule has 1 atom stereocenters. The number of nitrogens with zero attached hydrogens (tertiary/aromatic N) is 3. The van der Waals surface area contributed by atoms with E-state index in [9.17, 15) is 17.6 Å². The first-order valence-electron chi connectivity index (χ1n) is 10.1. The maximum atomic E-state index is 13.2. The van der Waals surface area contributed by atoms with Gasteiger partial charge in [0, 0.05) is 20.1 Å². The Morgan fingerprint density at radius 3 is 2.58 bits per heavy atom. The van der Waals surface area contributed by atoms with Gasteiger partial charge in [-0.2, -0.15) is 9.30 Å². The number of rotatable bonds is 3. The van der Waals surface area contributed by atoms with Crippen molar-refractivity contribution < 1.29 is 17.6 Å². The molecule has 0 spiro atoms. The zero-order valence-corrected chi connectivity index (χ0v) is 19.3. The Balaban J connectivity index is 1.61. The molecule has 1 fully saturated rings. The van der Waals surface area contributed by atoms with E-state index >= 15 is 0 Å². The third-order valence-electron chi connectivity index (χ3n) is 5.88. The summed E-state index contributed by atoms with van der Waals surface area (Å²) < 4.78 is 43.3. The van der Waals surface area contributed by atoms with Crippen LogP contribution in [-0.2, 0) is 21.9 Å². The van der Waals surface area contributed by atoms with E-state index in [0.29, 0.717) is 24.2 Å². The van der Waals surface area contributed by atoms with Gasteiger partial charge in [-0.1, -0.05) is 17.4 Å². The van der Waals surface area contributed by atoms with Crippen molar-refractivity contribution in [3.8, 4) is 0 Å². The molecule has 0 bridgehead atoms. The van der Waals surface area contributed by atoms with Crippen LogP contribution in [0.3, 0.4) is 0 Å². The smallest absolute Gasteiger partial charge is 0.252 e. The Morgan fingerprint density at radius 1 is 1.16 bits per heavy atom. The molecular weight excluding hydrogens is 437 g/mol. The van der Waals surface area contributed by atoms with Gasteiger partial charge in [-0.05, 0) is 68.1 Å². The van der Waals surface area contributed by atoms with Gasteiger partial charge in [-0.25, -0.2) is 12.8 Å². The first-order chi connectivity index (χ1) is 14.7. The maximum absolute atomic E-state index is 13.2. The lowest BCUT2D eigenvalue weighted by atomic mass is 9.99. The van der Waals surface area contributed by atoms with Crippen molar-refractivity contribution in [3.05, 3.63) is 58.1 Å². The number of carbonyl (C=O) groups excluding carboxylic acids is 1. The largest absolute Gasteiger partial charge is 0.319 e. The molecule has 164 valence electrons. The lowest BCUT2D eigenvalue weighted by Gasteiger charge is -2.30. The standard InChI is InChI=1S/C22H24FN3O3S2/c1-14-6-11-19-20(15(14)2)25(3)22(30-19)24-21(27)16-5-4-12-26(13-16)31(28,29)18-9-7-17(23)8-10-18/h6-11,16H,4-5,12-13H2,1-3H3. The average molecular weight is 462 g/mol. The average Bonchev–Trinajstić information content (AvgIpc) is 3.07. The van der Waals surface area contributed by atoms with E-state index in [2.05, 4.69) is 18.0 Å². The first-order valence-corrected chi connectivity index (χ1v) is 12.3. The molecule has 4 rings (SSSR count). The molecule has 0 saturated carbocycles. The summed E-state index contributed by atoms with van der Waals surface area (Å²) in [6, 6.07) is 8.84. The summed E-state index contributed by atoms with van der Waals surface area (Å²) in [7, 11) is -1.89. The number of carbonyl (C=O) groups is 1. The van der Waals surface area contributed by atoms with Crippen LogP contribution in [0.5, 0.6) is 0 Å². The van der Waals surface area contributed by atoms with Crippen LogP contribution in [0.15, 0.2) is 46.3 Å². The Hall–Kier alpha value is -2.36. The molecule has 1 unspecified atom stereocenters. The number of thiazole rings is 1. The van der Waals surface area contributed by atoms with E-state index in [0.717, 1.165) is 27.9 Å². The number of hydrogen-bond donors (Lipinski definition) is 0. The van der Waals surface area contributed by atoms with Crippen molar-refractivity contribution in [2.75, 3.05) is 13.1 Å². The number of sulfonamides is 1. The molecular formula is C22H24FN3O3S2. The van der Waals surface area contributed by atoms with Gasteiger partial charge in [0.15, 0.2) is 4.80 Å². The number of benzene rings is 2. The molecule has 9 heteroatoms. The zero-order chi connectivity index (χ0) is 22.3. The summed E-state index contributed by atoms with van der Waals surface area (Å²) >= 11 is 1.45. The number of aryl methyl sites for hydroxylation is 3. The predicted molar refractivity (Wildman–Crippen MR) is 119 cm³/mol. The first kappa shape index (κ1) is 21.9. The molecule has 1 amide bonds. The molecule has 6 nitrogen and oxygen atoms in total. The number of fused-ring (bicyclic) bond motifs is 1. The minimum absolute atomic E-state index is 0.0284. The lowest BCUT2D eigenvalue weighted by molar-refractivity contribution is -0.122. The van der Waals surface area contributed by atoms with E-state index in [1.165, 1.54) is 33.3 Å². The summed E-state index contributed by atoms with van der Waals surface area (Å²) in [6.07, 6.45) is 1.16. The number of hydrogen-bond acceptors (Lipinski definition) is 4. The molecule has 1 aliphatic rings. The van der Waals surface area contributed by atoms with Crippen molar-refractivity contribution in [2.24, 2.45) is 18.0 Å². The molecule has 3 aromatic rings. The zero-order valence-electron chi connectivity index (χ0n) is 17.6. The maximum Gasteiger partial charge on any atom is 0.252 e. The van der Waals surface area contributed by atoms with Crippen LogP contribution in [0.25, 0.3) is 10.2 Å². The minimum atomic E-state index is -3.79. The van der Waals surface area contributed by atoms with Crippen molar-refractivity contribution in [1.29, 1.82) is 0 Å². The highest BCUT2D eigenvalue weighted by atomic mass is 32.2. The van der Waals surface area contributed by atoms with Crippen LogP contribution in [-0.4, -0.2) is 36.3 Å². The fourth-order valence-electron chi connectivity index (χ4n) is 3.94. The highest BCUT2D eigenvalue weighted by Crippen LogP contribution is 2.26. The highest BCUT2D eigenvalue weighted by molar-refractivity contribution is 7.89. The van der Waals surface area contributed by atoms with E-state index in [-0.39, 0.29) is 17.3 Å². The third kappa shape index (κ3) is 4.09. The molecule has 1 aliphatic heterocycles. The minimum Gasteiger partial charge on any atom is -0.319 e. The predicted octanol–water partition coefficient (Wildman–Crippen LogP) is 3.52. The molecule has 0 radical (unpaired) electrons. The van der Waals surface area contributed by atoms with E-state index in [4.69, 9.17) is 0 Å². The summed E-state index contributed by atoms with van der Waals surface area (Å²) in [5.41, 5.74) is 3.38. The second kappa shape index (κ2) is 8.29. The van der Waals surface area contributed by atoms with Gasteiger partial charge in [0.2, 0.25) is 10.0 Å². The Labute approximate surface area is 184 Å². The second-order valence-corrected chi connectivity index (χ2v) is 10.9. The highest BCUT2D eigenvalue weighted by Gasteiger charge is 2.33. The molecule has 2 aromatic carbocycles. The van der Waals surface area contributed by atoms with Crippen LogP contribution >= 0.6 is 11.3 Å². The second-order valence-electron chi connectivity index (χ2n) is 7.90. The number of piperidine rings is 1. The monoisotopic (exact) mass is 461 g/mol. The fraction of sp³-hybridized carbons (Fsp3) is 0.364. The SMILES string of the molecule is Cc1ccc2sc(=NC(=O)C3CCCN(S(=O)(=O)c4ccc(F)cc4)C3)n(C)c2c1C. The summed E-state index contributed by atoms with van der Waals surface area (Å²) in [5, 5.41) is 0. The fourth-order valence-corrected chi connectivity index (χ4v) is 6.55. The van der Waals surface area contributed by atoms with Gasteiger partial charge >= 0.3 is 0 Å². The number of aromatic nitrogens is 1. The van der Waals surface area contributed by atoms with Gasteiger partial charge in [-0.15, -0.1) is 0 Å². The summed E-state index contributed by atoms with van der Waals surface area (Å²) in [5.74, 6) is -1.31. The van der Waals surface area contributed by atoms with Gasteiger partial charge in [-0.3, -0.25) is 4.79 Å². The lowest BCUT2D eigenvalue weighted by Crippen LogP contribution is -2.42. The summed E-state index contributed by atoms with van der Waals surface area (Å²) in [6.45, 7) is 4.51. The molecule has 1 aromatic heterocycles. The van der Waals surface area contributed by atoms with Gasteiger partial charge in [0.05, 0.1) is 21.0 Å². The normalized spacial score (nSPS) is 18.6. The van der Waals surface area contributed by atoms with E-state index in [1.807, 2.05) is 24.6 Å². The topological polar surface area (TPSA) is 71.7 Å². The number of amides is 1. The van der Waals surface area contributed by atoms with Crippen molar-refractivity contribution in [1.82, 2.24) is 8.87 Å². The molecule has 1 saturated heterocycles. The Kier molecular flexibility index (Phi) is 5.85. The van der Waals surface area contributed by atoms with Crippen LogP contribution < -0.4 is 4.80 Å². The van der Waals surface area contributed by atoms with Crippen molar-refractivity contribution in [3.63, 3.8) is 0 Å². The summed E-state index contributed by atoms with van der Waals surface area (Å²) in [4.78, 5) is 18.0. The van der Waals surface area contributed by atoms with Crippen LogP contribution in [0, 0.1) is 25.6 Å². The quantitative estimate of drug-likeness (QED) is 0.599. The molecule has 31 heavy (non-hydrogen) atoms. The van der Waals surface area contributed by atoms with E-state index in [1.54, 1.807) is 0 Å². The third-order valence-corrected chi connectivity index (χ3v) is 8.86. The van der Waals surface area contributed by atoms with Crippen molar-refractivity contribution >= 4 is 37.5 Å². The Bertz CT molecular complexity index is 1320. The van der Waals surface area contributed by atoms with E-state index < -0.39 is 21.8 Å². The number of halogens is 1. The van der Waals surface area contributed by atoms with Crippen LogP contribution in [0.2, 0.25) is 0 Å². The van der Waals surface area contributed by atoms with Crippen LogP contribution in [0.1, 0.15) is 24.0 Å². The van der Waals surface area contributed by atoms with Crippen LogP contribution in [0.4, 0.5) is 4.39 Å². The van der Waals surface area contributed by atoms with Gasteiger partial charge in [0.25, 0.3) is 5.91 Å². The molecule has 0 aliphatic carbocycles. The Morgan fingerprint density at radius 2 is 1.87 bits per heavy atom. The van der Waals surface area contributed by atoms with Gasteiger partial charge < -0.3 is 4.57 Å². The molecule has 0 N–H and O–H groups in total. The molecule has 2 heterocycles. The van der Waals surface area contributed by atoms with Gasteiger partial charge in [0.1, 0.15) is 5.82 Å².